The summed E-state index contributed by atoms with van der Waals surface area (Å²) in [5, 5.41) is 0. The van der Waals surface area contributed by atoms with Crippen molar-refractivity contribution < 1.29 is 0 Å². The number of nitrogens with zero attached hydrogens (tertiary/aromatic N) is 2. The van der Waals surface area contributed by atoms with Crippen molar-refractivity contribution in [1.29, 1.82) is 0 Å². The SMILES string of the molecule is [CH2]CC1CCN(CCN2CCCC2)CC1. The van der Waals surface area contributed by atoms with Gasteiger partial charge in [-0.25, -0.2) is 0 Å². The van der Waals surface area contributed by atoms with Gasteiger partial charge in [-0.2, -0.15) is 0 Å². The summed E-state index contributed by atoms with van der Waals surface area (Å²) in [6, 6.07) is 0. The molecule has 1 radical (unpaired) electrons. The predicted molar refractivity (Wildman–Crippen MR) is 64.8 cm³/mol. The fourth-order valence-electron chi connectivity index (χ4n) is 2.79. The topological polar surface area (TPSA) is 6.48 Å². The molecule has 2 rings (SSSR count). The summed E-state index contributed by atoms with van der Waals surface area (Å²) in [7, 11) is 0. The van der Waals surface area contributed by atoms with Gasteiger partial charge < -0.3 is 9.80 Å². The Labute approximate surface area is 94.6 Å². The number of hydrogen-bond acceptors (Lipinski definition) is 2. The fraction of sp³-hybridized carbons (Fsp3) is 0.923. The van der Waals surface area contributed by atoms with E-state index in [1.165, 1.54) is 65.0 Å². The second-order valence-corrected chi connectivity index (χ2v) is 5.12. The maximum atomic E-state index is 4.02. The Morgan fingerprint density at radius 3 is 1.93 bits per heavy atom. The molecule has 15 heavy (non-hydrogen) atoms. The minimum Gasteiger partial charge on any atom is -0.302 e. The Bertz CT molecular complexity index is 167. The third-order valence-electron chi connectivity index (χ3n) is 4.05. The van der Waals surface area contributed by atoms with Crippen LogP contribution in [0.4, 0.5) is 0 Å². The van der Waals surface area contributed by atoms with Gasteiger partial charge in [0.2, 0.25) is 0 Å². The molecule has 2 heteroatoms. The molecule has 87 valence electrons. The molecule has 2 nitrogen and oxygen atoms in total. The molecule has 0 amide bonds. The van der Waals surface area contributed by atoms with Crippen molar-refractivity contribution in [2.75, 3.05) is 39.3 Å². The molecule has 0 spiro atoms. The first-order valence-corrected chi connectivity index (χ1v) is 6.62. The zero-order chi connectivity index (χ0) is 10.5. The van der Waals surface area contributed by atoms with Gasteiger partial charge >= 0.3 is 0 Å². The van der Waals surface area contributed by atoms with Crippen LogP contribution in [0.5, 0.6) is 0 Å². The monoisotopic (exact) mass is 209 g/mol. The van der Waals surface area contributed by atoms with Crippen molar-refractivity contribution in [3.05, 3.63) is 6.92 Å². The molecule has 0 bridgehead atoms. The summed E-state index contributed by atoms with van der Waals surface area (Å²) in [6.07, 6.45) is 6.74. The van der Waals surface area contributed by atoms with Crippen LogP contribution in [0, 0.1) is 12.8 Å². The van der Waals surface area contributed by atoms with Gasteiger partial charge in [0.05, 0.1) is 0 Å². The molecule has 0 N–H and O–H groups in total. The van der Waals surface area contributed by atoms with E-state index in [1.54, 1.807) is 0 Å². The second-order valence-electron chi connectivity index (χ2n) is 5.12. The van der Waals surface area contributed by atoms with Crippen LogP contribution in [0.15, 0.2) is 0 Å². The minimum absolute atomic E-state index is 0.910. The van der Waals surface area contributed by atoms with Crippen molar-refractivity contribution in [1.82, 2.24) is 9.80 Å². The van der Waals surface area contributed by atoms with Crippen molar-refractivity contribution in [2.45, 2.75) is 32.1 Å². The maximum absolute atomic E-state index is 4.02. The summed E-state index contributed by atoms with van der Waals surface area (Å²) < 4.78 is 0. The molecule has 0 atom stereocenters. The van der Waals surface area contributed by atoms with Crippen LogP contribution in [-0.2, 0) is 0 Å². The third-order valence-corrected chi connectivity index (χ3v) is 4.05. The van der Waals surface area contributed by atoms with Crippen LogP contribution in [0.1, 0.15) is 32.1 Å². The average molecular weight is 209 g/mol. The van der Waals surface area contributed by atoms with Gasteiger partial charge in [-0.1, -0.05) is 13.3 Å². The van der Waals surface area contributed by atoms with E-state index >= 15 is 0 Å². The van der Waals surface area contributed by atoms with Crippen molar-refractivity contribution in [2.24, 2.45) is 5.92 Å². The molecule has 0 aromatic carbocycles. The first kappa shape index (κ1) is 11.4. The summed E-state index contributed by atoms with van der Waals surface area (Å²) in [5.41, 5.74) is 0. The second kappa shape index (κ2) is 5.86. The highest BCUT2D eigenvalue weighted by Gasteiger charge is 2.18. The highest BCUT2D eigenvalue weighted by Crippen LogP contribution is 2.19. The van der Waals surface area contributed by atoms with Gasteiger partial charge in [-0.15, -0.1) is 0 Å². The first-order valence-electron chi connectivity index (χ1n) is 6.62. The van der Waals surface area contributed by atoms with E-state index in [4.69, 9.17) is 0 Å². The molecule has 0 aromatic rings. The Morgan fingerprint density at radius 2 is 1.40 bits per heavy atom. The minimum atomic E-state index is 0.910. The van der Waals surface area contributed by atoms with Crippen LogP contribution < -0.4 is 0 Å². The van der Waals surface area contributed by atoms with Crippen molar-refractivity contribution in [3.63, 3.8) is 0 Å². The number of likely N-dealkylation sites (tertiary alicyclic amines) is 2. The van der Waals surface area contributed by atoms with E-state index in [0.717, 1.165) is 12.3 Å². The maximum Gasteiger partial charge on any atom is 0.0109 e. The largest absolute Gasteiger partial charge is 0.302 e. The van der Waals surface area contributed by atoms with E-state index < -0.39 is 0 Å². The summed E-state index contributed by atoms with van der Waals surface area (Å²) >= 11 is 0. The molecular weight excluding hydrogens is 184 g/mol. The van der Waals surface area contributed by atoms with Crippen LogP contribution in [-0.4, -0.2) is 49.1 Å². The molecule has 2 saturated heterocycles. The third kappa shape index (κ3) is 3.46. The molecule has 0 unspecified atom stereocenters. The Morgan fingerprint density at radius 1 is 0.867 bits per heavy atom. The highest BCUT2D eigenvalue weighted by atomic mass is 15.2. The van der Waals surface area contributed by atoms with E-state index in [1.807, 2.05) is 0 Å². The molecule has 2 fully saturated rings. The lowest BCUT2D eigenvalue weighted by Crippen LogP contribution is -2.38. The van der Waals surface area contributed by atoms with Crippen LogP contribution in [0.3, 0.4) is 0 Å². The number of piperidine rings is 1. The van der Waals surface area contributed by atoms with Crippen molar-refractivity contribution in [3.8, 4) is 0 Å². The Kier molecular flexibility index (Phi) is 4.45. The predicted octanol–water partition coefficient (Wildman–Crippen LogP) is 2.02. The lowest BCUT2D eigenvalue weighted by Gasteiger charge is -2.32. The quantitative estimate of drug-likeness (QED) is 0.699. The van der Waals surface area contributed by atoms with Crippen LogP contribution >= 0.6 is 0 Å². The van der Waals surface area contributed by atoms with Gasteiger partial charge in [0, 0.05) is 13.1 Å². The Hall–Kier alpha value is -0.0800. The number of hydrogen-bond donors (Lipinski definition) is 0. The van der Waals surface area contributed by atoms with Gasteiger partial charge in [0.1, 0.15) is 0 Å². The summed E-state index contributed by atoms with van der Waals surface area (Å²) in [5.74, 6) is 0.910. The zero-order valence-corrected chi connectivity index (χ0v) is 9.96. The molecule has 2 aliphatic heterocycles. The molecule has 2 heterocycles. The van der Waals surface area contributed by atoms with E-state index in [9.17, 15) is 0 Å². The van der Waals surface area contributed by atoms with Crippen LogP contribution in [0.25, 0.3) is 0 Å². The van der Waals surface area contributed by atoms with E-state index in [-0.39, 0.29) is 0 Å². The molecule has 0 aliphatic carbocycles. The normalized spacial score (nSPS) is 26.2. The van der Waals surface area contributed by atoms with E-state index in [0.29, 0.717) is 0 Å². The standard InChI is InChI=1S/C13H25N2/c1-2-13-5-9-15(10-6-13)12-11-14-7-3-4-8-14/h13H,1-12H2. The fourth-order valence-corrected chi connectivity index (χ4v) is 2.79. The summed E-state index contributed by atoms with van der Waals surface area (Å²) in [4.78, 5) is 5.26. The first-order chi connectivity index (χ1) is 7.38. The Balaban J connectivity index is 1.59. The molecule has 0 aromatic heterocycles. The molecule has 0 saturated carbocycles. The van der Waals surface area contributed by atoms with Gasteiger partial charge in [0.25, 0.3) is 0 Å². The van der Waals surface area contributed by atoms with Crippen molar-refractivity contribution >= 4 is 0 Å². The summed E-state index contributed by atoms with van der Waals surface area (Å²) in [6.45, 7) is 11.9. The smallest absolute Gasteiger partial charge is 0.0109 e. The van der Waals surface area contributed by atoms with Gasteiger partial charge in [-0.05, 0) is 57.8 Å². The highest BCUT2D eigenvalue weighted by molar-refractivity contribution is 4.74. The van der Waals surface area contributed by atoms with Gasteiger partial charge in [0.15, 0.2) is 0 Å². The number of rotatable bonds is 4. The molecular formula is C13H25N2. The van der Waals surface area contributed by atoms with E-state index in [2.05, 4.69) is 16.7 Å². The zero-order valence-electron chi connectivity index (χ0n) is 9.96. The average Bonchev–Trinajstić information content (AvgIpc) is 2.80. The van der Waals surface area contributed by atoms with Gasteiger partial charge in [-0.3, -0.25) is 0 Å². The van der Waals surface area contributed by atoms with Crippen LogP contribution in [0.2, 0.25) is 0 Å². The lowest BCUT2D eigenvalue weighted by molar-refractivity contribution is 0.165. The molecule has 2 aliphatic rings. The lowest BCUT2D eigenvalue weighted by atomic mass is 9.94.